The smallest absolute Gasteiger partial charge is 0.270 e. The highest BCUT2D eigenvalue weighted by Gasteiger charge is 2.19. The molecule has 0 spiro atoms. The second-order valence-electron chi connectivity index (χ2n) is 7.34. The molecule has 2 aromatic carbocycles. The lowest BCUT2D eigenvalue weighted by Gasteiger charge is -2.18. The Morgan fingerprint density at radius 1 is 1.06 bits per heavy atom. The molecule has 0 saturated carbocycles. The summed E-state index contributed by atoms with van der Waals surface area (Å²) >= 11 is 0. The molecule has 0 radical (unpaired) electrons. The van der Waals surface area contributed by atoms with E-state index in [1.165, 1.54) is 6.07 Å². The van der Waals surface area contributed by atoms with Gasteiger partial charge < -0.3 is 10.4 Å². The third kappa shape index (κ3) is 3.90. The van der Waals surface area contributed by atoms with Crippen molar-refractivity contribution >= 4 is 16.8 Å². The summed E-state index contributed by atoms with van der Waals surface area (Å²) in [4.78, 5) is 21.3. The number of aromatic nitrogens is 2. The molecule has 31 heavy (non-hydrogen) atoms. The van der Waals surface area contributed by atoms with Gasteiger partial charge in [0.2, 0.25) is 0 Å². The minimum atomic E-state index is -0.415. The Bertz CT molecular complexity index is 1270. The molecule has 0 atom stereocenters. The van der Waals surface area contributed by atoms with Gasteiger partial charge in [-0.1, -0.05) is 18.2 Å². The second-order valence-corrected chi connectivity index (χ2v) is 7.34. The number of pyridine rings is 2. The summed E-state index contributed by atoms with van der Waals surface area (Å²) in [6, 6.07) is 13.9. The molecule has 0 bridgehead atoms. The zero-order chi connectivity index (χ0) is 22.0. The van der Waals surface area contributed by atoms with Crippen molar-refractivity contribution in [3.63, 3.8) is 0 Å². The Labute approximate surface area is 179 Å². The van der Waals surface area contributed by atoms with Crippen LogP contribution in [0.2, 0.25) is 0 Å². The van der Waals surface area contributed by atoms with Crippen LogP contribution in [0, 0.1) is 19.7 Å². The SMILES string of the molecule is Cc1cc2nc(C(=O)NCCO)cc(-c3ccccc3F)c2c(C)c1-c1ccncc1. The number of fused-ring (bicyclic) bond motifs is 1. The number of carbonyl (C=O) groups excluding carboxylic acids is 1. The molecule has 6 heteroatoms. The van der Waals surface area contributed by atoms with Gasteiger partial charge in [-0.15, -0.1) is 0 Å². The maximum atomic E-state index is 14.8. The predicted molar refractivity (Wildman–Crippen MR) is 119 cm³/mol. The average molecular weight is 415 g/mol. The summed E-state index contributed by atoms with van der Waals surface area (Å²) < 4.78 is 14.8. The summed E-state index contributed by atoms with van der Waals surface area (Å²) in [5, 5.41) is 12.4. The van der Waals surface area contributed by atoms with E-state index in [2.05, 4.69) is 15.3 Å². The summed E-state index contributed by atoms with van der Waals surface area (Å²) in [7, 11) is 0. The van der Waals surface area contributed by atoms with Crippen molar-refractivity contribution in [2.75, 3.05) is 13.2 Å². The number of hydrogen-bond donors (Lipinski definition) is 2. The molecule has 2 N–H and O–H groups in total. The van der Waals surface area contributed by atoms with E-state index in [1.807, 2.05) is 32.0 Å². The van der Waals surface area contributed by atoms with E-state index >= 15 is 0 Å². The molecule has 4 rings (SSSR count). The van der Waals surface area contributed by atoms with Crippen LogP contribution in [0.5, 0.6) is 0 Å². The number of hydrogen-bond acceptors (Lipinski definition) is 4. The van der Waals surface area contributed by atoms with Crippen LogP contribution in [0.1, 0.15) is 21.6 Å². The van der Waals surface area contributed by atoms with E-state index < -0.39 is 5.91 Å². The number of aliphatic hydroxyl groups is 1. The van der Waals surface area contributed by atoms with Crippen molar-refractivity contribution in [1.29, 1.82) is 0 Å². The van der Waals surface area contributed by atoms with Crippen LogP contribution in [0.15, 0.2) is 60.9 Å². The van der Waals surface area contributed by atoms with Gasteiger partial charge in [-0.05, 0) is 72.0 Å². The normalized spacial score (nSPS) is 11.0. The van der Waals surface area contributed by atoms with Gasteiger partial charge in [0, 0.05) is 29.9 Å². The Kier molecular flexibility index (Phi) is 5.73. The van der Waals surface area contributed by atoms with Crippen LogP contribution in [0.4, 0.5) is 4.39 Å². The lowest BCUT2D eigenvalue weighted by atomic mass is 9.89. The highest BCUT2D eigenvalue weighted by Crippen LogP contribution is 2.38. The summed E-state index contributed by atoms with van der Waals surface area (Å²) in [5.74, 6) is -0.788. The number of halogens is 1. The third-order valence-electron chi connectivity index (χ3n) is 5.31. The minimum Gasteiger partial charge on any atom is -0.395 e. The molecule has 0 aliphatic carbocycles. The van der Waals surface area contributed by atoms with E-state index in [0.29, 0.717) is 16.6 Å². The van der Waals surface area contributed by atoms with E-state index in [4.69, 9.17) is 5.11 Å². The molecule has 0 fully saturated rings. The van der Waals surface area contributed by atoms with Crippen LogP contribution in [0.25, 0.3) is 33.2 Å². The molecule has 4 aromatic rings. The van der Waals surface area contributed by atoms with Crippen molar-refractivity contribution in [2.45, 2.75) is 13.8 Å². The maximum Gasteiger partial charge on any atom is 0.270 e. The molecular formula is C25H22FN3O2. The molecule has 0 aliphatic rings. The Balaban J connectivity index is 2.05. The van der Waals surface area contributed by atoms with Crippen molar-refractivity contribution in [3.05, 3.63) is 83.6 Å². The number of aryl methyl sites for hydroxylation is 2. The molecule has 0 aliphatic heterocycles. The second kappa shape index (κ2) is 8.62. The van der Waals surface area contributed by atoms with Crippen molar-refractivity contribution in [1.82, 2.24) is 15.3 Å². The van der Waals surface area contributed by atoms with Gasteiger partial charge in [0.05, 0.1) is 12.1 Å². The number of nitrogens with one attached hydrogen (secondary N) is 1. The average Bonchev–Trinajstić information content (AvgIpc) is 2.77. The lowest BCUT2D eigenvalue weighted by Crippen LogP contribution is -2.27. The van der Waals surface area contributed by atoms with E-state index in [-0.39, 0.29) is 24.7 Å². The number of carbonyl (C=O) groups is 1. The first kappa shape index (κ1) is 20.6. The zero-order valence-corrected chi connectivity index (χ0v) is 17.3. The number of aliphatic hydroxyl groups excluding tert-OH is 1. The summed E-state index contributed by atoms with van der Waals surface area (Å²) in [5.41, 5.74) is 5.79. The first-order chi connectivity index (χ1) is 15.0. The Hall–Kier alpha value is -3.64. The van der Waals surface area contributed by atoms with Gasteiger partial charge >= 0.3 is 0 Å². The topological polar surface area (TPSA) is 75.1 Å². The predicted octanol–water partition coefficient (Wildman–Crippen LogP) is 4.44. The standard InChI is InChI=1S/C25H22FN3O2/c1-15-13-21-24(16(2)23(15)17-7-9-27-10-8-17)19(18-5-3-4-6-20(18)26)14-22(29-21)25(31)28-11-12-30/h3-10,13-14,30H,11-12H2,1-2H3,(H,28,31). The number of nitrogens with zero attached hydrogens (tertiary/aromatic N) is 2. The third-order valence-corrected chi connectivity index (χ3v) is 5.31. The summed E-state index contributed by atoms with van der Waals surface area (Å²) in [6.45, 7) is 3.92. The van der Waals surface area contributed by atoms with E-state index in [9.17, 15) is 9.18 Å². The van der Waals surface area contributed by atoms with Gasteiger partial charge in [-0.3, -0.25) is 9.78 Å². The monoisotopic (exact) mass is 415 g/mol. The molecule has 0 saturated heterocycles. The molecule has 156 valence electrons. The highest BCUT2D eigenvalue weighted by atomic mass is 19.1. The fourth-order valence-corrected chi connectivity index (χ4v) is 3.99. The van der Waals surface area contributed by atoms with Crippen LogP contribution in [-0.4, -0.2) is 34.1 Å². The maximum absolute atomic E-state index is 14.8. The van der Waals surface area contributed by atoms with Crippen molar-refractivity contribution < 1.29 is 14.3 Å². The van der Waals surface area contributed by atoms with Gasteiger partial charge in [0.15, 0.2) is 0 Å². The van der Waals surface area contributed by atoms with Crippen molar-refractivity contribution in [3.8, 4) is 22.3 Å². The molecular weight excluding hydrogens is 393 g/mol. The van der Waals surface area contributed by atoms with Crippen LogP contribution >= 0.6 is 0 Å². The summed E-state index contributed by atoms with van der Waals surface area (Å²) in [6.07, 6.45) is 3.48. The number of amides is 1. The fraction of sp³-hybridized carbons (Fsp3) is 0.160. The largest absolute Gasteiger partial charge is 0.395 e. The molecule has 2 heterocycles. The van der Waals surface area contributed by atoms with Crippen molar-refractivity contribution in [2.24, 2.45) is 0 Å². The molecule has 1 amide bonds. The first-order valence-electron chi connectivity index (χ1n) is 10.0. The minimum absolute atomic E-state index is 0.118. The van der Waals surface area contributed by atoms with Gasteiger partial charge in [0.1, 0.15) is 11.5 Å². The van der Waals surface area contributed by atoms with E-state index in [0.717, 1.165) is 27.6 Å². The quantitative estimate of drug-likeness (QED) is 0.505. The zero-order valence-electron chi connectivity index (χ0n) is 17.3. The fourth-order valence-electron chi connectivity index (χ4n) is 3.99. The molecule has 0 unspecified atom stereocenters. The number of rotatable bonds is 5. The lowest BCUT2D eigenvalue weighted by molar-refractivity contribution is 0.0940. The highest BCUT2D eigenvalue weighted by molar-refractivity contribution is 6.05. The van der Waals surface area contributed by atoms with Crippen LogP contribution in [-0.2, 0) is 0 Å². The van der Waals surface area contributed by atoms with Crippen LogP contribution < -0.4 is 5.32 Å². The van der Waals surface area contributed by atoms with Crippen LogP contribution in [0.3, 0.4) is 0 Å². The van der Waals surface area contributed by atoms with Gasteiger partial charge in [-0.25, -0.2) is 9.37 Å². The first-order valence-corrected chi connectivity index (χ1v) is 10.0. The molecule has 5 nitrogen and oxygen atoms in total. The number of benzene rings is 2. The van der Waals surface area contributed by atoms with Gasteiger partial charge in [0.25, 0.3) is 5.91 Å². The Morgan fingerprint density at radius 2 is 1.81 bits per heavy atom. The Morgan fingerprint density at radius 3 is 2.52 bits per heavy atom. The molecule has 2 aromatic heterocycles. The van der Waals surface area contributed by atoms with E-state index in [1.54, 1.807) is 36.7 Å². The van der Waals surface area contributed by atoms with Gasteiger partial charge in [-0.2, -0.15) is 0 Å².